The fourth-order valence-electron chi connectivity index (χ4n) is 2.69. The highest BCUT2D eigenvalue weighted by Crippen LogP contribution is 2.25. The van der Waals surface area contributed by atoms with Gasteiger partial charge in [-0.2, -0.15) is 0 Å². The van der Waals surface area contributed by atoms with Crippen LogP contribution in [0.25, 0.3) is 0 Å². The van der Waals surface area contributed by atoms with Crippen molar-refractivity contribution in [2.24, 2.45) is 0 Å². The minimum absolute atomic E-state index is 0.252. The van der Waals surface area contributed by atoms with Crippen LogP contribution in [0.1, 0.15) is 19.8 Å². The topological polar surface area (TPSA) is 32.5 Å². The second kappa shape index (κ2) is 5.57. The zero-order valence-electron chi connectivity index (χ0n) is 11.2. The van der Waals surface area contributed by atoms with Crippen molar-refractivity contribution in [1.82, 2.24) is 4.90 Å². The Kier molecular flexibility index (Phi) is 4.07. The van der Waals surface area contributed by atoms with Crippen molar-refractivity contribution in [3.8, 4) is 0 Å². The maximum Gasteiger partial charge on any atom is 0.127 e. The van der Waals surface area contributed by atoms with E-state index in [1.54, 1.807) is 6.07 Å². The van der Waals surface area contributed by atoms with E-state index in [4.69, 9.17) is 5.73 Å². The molecule has 0 radical (unpaired) electrons. The molecule has 18 heavy (non-hydrogen) atoms. The quantitative estimate of drug-likeness (QED) is 0.819. The van der Waals surface area contributed by atoms with E-state index in [1.807, 2.05) is 6.07 Å². The number of nitrogen functional groups attached to an aromatic ring is 1. The molecule has 2 N–H and O–H groups in total. The molecule has 2 rings (SSSR count). The van der Waals surface area contributed by atoms with E-state index in [0.29, 0.717) is 11.7 Å². The Hall–Kier alpha value is -1.29. The second-order valence-corrected chi connectivity index (χ2v) is 5.11. The van der Waals surface area contributed by atoms with Gasteiger partial charge in [0.1, 0.15) is 5.82 Å². The molecular weight excluding hydrogens is 229 g/mol. The van der Waals surface area contributed by atoms with Crippen molar-refractivity contribution in [2.45, 2.75) is 25.8 Å². The molecule has 1 heterocycles. The lowest BCUT2D eigenvalue weighted by atomic mass is 10.1. The first-order valence-electron chi connectivity index (χ1n) is 6.61. The van der Waals surface area contributed by atoms with E-state index in [9.17, 15) is 4.39 Å². The van der Waals surface area contributed by atoms with Crippen molar-refractivity contribution >= 4 is 11.4 Å². The molecule has 1 unspecified atom stereocenters. The third-order valence-electron chi connectivity index (χ3n) is 3.61. The Labute approximate surface area is 108 Å². The van der Waals surface area contributed by atoms with Crippen molar-refractivity contribution in [3.63, 3.8) is 0 Å². The minimum Gasteiger partial charge on any atom is -0.399 e. The van der Waals surface area contributed by atoms with E-state index >= 15 is 0 Å². The van der Waals surface area contributed by atoms with Crippen LogP contribution in [0.15, 0.2) is 18.2 Å². The molecule has 0 aromatic heterocycles. The predicted octanol–water partition coefficient (Wildman–Crippen LogP) is 2.33. The van der Waals surface area contributed by atoms with Crippen molar-refractivity contribution < 1.29 is 4.39 Å². The van der Waals surface area contributed by atoms with Gasteiger partial charge in [-0.1, -0.05) is 6.92 Å². The number of hydrogen-bond acceptors (Lipinski definition) is 3. The largest absolute Gasteiger partial charge is 0.399 e. The molecule has 0 spiro atoms. The van der Waals surface area contributed by atoms with Crippen LogP contribution in [0.5, 0.6) is 0 Å². The molecule has 0 bridgehead atoms. The molecule has 1 saturated heterocycles. The molecule has 3 nitrogen and oxygen atoms in total. The molecule has 1 fully saturated rings. The van der Waals surface area contributed by atoms with Gasteiger partial charge in [-0.05, 0) is 44.6 Å². The summed E-state index contributed by atoms with van der Waals surface area (Å²) in [7, 11) is 2.14. The number of rotatable bonds is 2. The van der Waals surface area contributed by atoms with Crippen LogP contribution in [0.4, 0.5) is 15.8 Å². The van der Waals surface area contributed by atoms with Gasteiger partial charge in [-0.3, -0.25) is 0 Å². The lowest BCUT2D eigenvalue weighted by Crippen LogP contribution is -2.39. The molecular formula is C14H22FN3. The van der Waals surface area contributed by atoms with Crippen LogP contribution < -0.4 is 10.6 Å². The highest BCUT2D eigenvalue weighted by atomic mass is 19.1. The number of nitrogens with two attached hydrogens (primary N) is 1. The Morgan fingerprint density at radius 3 is 2.78 bits per heavy atom. The highest BCUT2D eigenvalue weighted by molar-refractivity contribution is 5.57. The first-order chi connectivity index (χ1) is 8.60. The summed E-state index contributed by atoms with van der Waals surface area (Å²) in [5.74, 6) is -0.252. The maximum absolute atomic E-state index is 13.5. The lowest BCUT2D eigenvalue weighted by Gasteiger charge is -2.32. The van der Waals surface area contributed by atoms with E-state index in [2.05, 4.69) is 23.8 Å². The summed E-state index contributed by atoms with van der Waals surface area (Å²) in [4.78, 5) is 4.64. The van der Waals surface area contributed by atoms with Gasteiger partial charge in [0.05, 0.1) is 0 Å². The summed E-state index contributed by atoms with van der Waals surface area (Å²) in [5, 5.41) is 0. The molecule has 1 aliphatic heterocycles. The van der Waals surface area contributed by atoms with Crippen LogP contribution in [0.2, 0.25) is 0 Å². The third-order valence-corrected chi connectivity index (χ3v) is 3.61. The molecule has 1 atom stereocenters. The molecule has 0 aliphatic carbocycles. The summed E-state index contributed by atoms with van der Waals surface area (Å²) >= 11 is 0. The summed E-state index contributed by atoms with van der Waals surface area (Å²) in [6, 6.07) is 5.26. The average molecular weight is 251 g/mol. The van der Waals surface area contributed by atoms with E-state index in [1.165, 1.54) is 6.07 Å². The fraction of sp³-hybridized carbons (Fsp3) is 0.571. The van der Waals surface area contributed by atoms with Gasteiger partial charge in [0, 0.05) is 30.5 Å². The van der Waals surface area contributed by atoms with Gasteiger partial charge in [0.15, 0.2) is 0 Å². The van der Waals surface area contributed by atoms with Crippen LogP contribution in [-0.2, 0) is 0 Å². The minimum atomic E-state index is -0.252. The number of benzene rings is 1. The van der Waals surface area contributed by atoms with Crippen molar-refractivity contribution in [3.05, 3.63) is 24.0 Å². The van der Waals surface area contributed by atoms with Gasteiger partial charge >= 0.3 is 0 Å². The van der Waals surface area contributed by atoms with Crippen LogP contribution in [0.3, 0.4) is 0 Å². The zero-order chi connectivity index (χ0) is 13.1. The van der Waals surface area contributed by atoms with E-state index in [0.717, 1.165) is 38.2 Å². The first kappa shape index (κ1) is 13.1. The van der Waals surface area contributed by atoms with E-state index in [-0.39, 0.29) is 5.82 Å². The number of likely N-dealkylation sites (N-methyl/N-ethyl adjacent to an activating group) is 1. The summed E-state index contributed by atoms with van der Waals surface area (Å²) in [5.41, 5.74) is 7.15. The Balaban J connectivity index is 2.28. The molecule has 1 aromatic carbocycles. The molecule has 1 aliphatic rings. The average Bonchev–Trinajstić information content (AvgIpc) is 2.49. The Bertz CT molecular complexity index is 388. The van der Waals surface area contributed by atoms with E-state index < -0.39 is 0 Å². The van der Waals surface area contributed by atoms with Gasteiger partial charge < -0.3 is 15.5 Å². The number of halogens is 1. The van der Waals surface area contributed by atoms with Crippen LogP contribution in [0, 0.1) is 5.82 Å². The van der Waals surface area contributed by atoms with Crippen LogP contribution in [-0.4, -0.2) is 37.6 Å². The third kappa shape index (κ3) is 2.93. The Morgan fingerprint density at radius 1 is 1.33 bits per heavy atom. The predicted molar refractivity (Wildman–Crippen MR) is 74.4 cm³/mol. The molecule has 100 valence electrons. The zero-order valence-corrected chi connectivity index (χ0v) is 11.2. The molecule has 0 amide bonds. The smallest absolute Gasteiger partial charge is 0.127 e. The first-order valence-corrected chi connectivity index (χ1v) is 6.61. The lowest BCUT2D eigenvalue weighted by molar-refractivity contribution is 0.328. The van der Waals surface area contributed by atoms with Gasteiger partial charge in [0.2, 0.25) is 0 Å². The number of hydrogen-bond donors (Lipinski definition) is 1. The van der Waals surface area contributed by atoms with Gasteiger partial charge in [-0.15, -0.1) is 0 Å². The SMILES string of the molecule is CCC1CN(C)CCCN1c1cc(N)cc(F)c1. The summed E-state index contributed by atoms with van der Waals surface area (Å²) in [6.45, 7) is 5.26. The maximum atomic E-state index is 13.5. The fourth-order valence-corrected chi connectivity index (χ4v) is 2.69. The number of nitrogens with zero attached hydrogens (tertiary/aromatic N) is 2. The van der Waals surface area contributed by atoms with Crippen LogP contribution >= 0.6 is 0 Å². The summed E-state index contributed by atoms with van der Waals surface area (Å²) < 4.78 is 13.5. The molecule has 4 heteroatoms. The van der Waals surface area contributed by atoms with Gasteiger partial charge in [-0.25, -0.2) is 4.39 Å². The number of anilines is 2. The van der Waals surface area contributed by atoms with Crippen molar-refractivity contribution in [1.29, 1.82) is 0 Å². The second-order valence-electron chi connectivity index (χ2n) is 5.11. The highest BCUT2D eigenvalue weighted by Gasteiger charge is 2.22. The molecule has 1 aromatic rings. The standard InChI is InChI=1S/C14H22FN3/c1-3-13-10-17(2)5-4-6-18(13)14-8-11(15)7-12(16)9-14/h7-9,13H,3-6,10,16H2,1-2H3. The monoisotopic (exact) mass is 251 g/mol. The molecule has 0 saturated carbocycles. The summed E-state index contributed by atoms with van der Waals surface area (Å²) in [6.07, 6.45) is 2.16. The van der Waals surface area contributed by atoms with Gasteiger partial charge in [0.25, 0.3) is 0 Å². The van der Waals surface area contributed by atoms with Crippen molar-refractivity contribution in [2.75, 3.05) is 37.3 Å². The normalized spacial score (nSPS) is 21.9. The Morgan fingerprint density at radius 2 is 2.11 bits per heavy atom.